The van der Waals surface area contributed by atoms with E-state index in [9.17, 15) is 0 Å². The van der Waals surface area contributed by atoms with Gasteiger partial charge in [-0.05, 0) is 50.6 Å². The highest BCUT2D eigenvalue weighted by molar-refractivity contribution is 8.03. The number of nitrogens with zero attached hydrogens (tertiary/aromatic N) is 3. The van der Waals surface area contributed by atoms with Gasteiger partial charge in [0.15, 0.2) is 6.20 Å². The van der Waals surface area contributed by atoms with Crippen LogP contribution in [0.25, 0.3) is 17.0 Å². The summed E-state index contributed by atoms with van der Waals surface area (Å²) in [6.07, 6.45) is 4.55. The van der Waals surface area contributed by atoms with Gasteiger partial charge >= 0.3 is 0 Å². The van der Waals surface area contributed by atoms with Crippen molar-refractivity contribution in [3.05, 3.63) is 71.4 Å². The van der Waals surface area contributed by atoms with Crippen LogP contribution in [-0.2, 0) is 7.05 Å². The highest BCUT2D eigenvalue weighted by Gasteiger charge is 2.29. The normalized spacial score (nSPS) is 15.2. The highest BCUT2D eigenvalue weighted by atomic mass is 32.2. The summed E-state index contributed by atoms with van der Waals surface area (Å²) >= 11 is 1.90. The molecule has 0 saturated heterocycles. The van der Waals surface area contributed by atoms with Crippen molar-refractivity contribution in [2.45, 2.75) is 25.7 Å². The Hall–Kier alpha value is -2.30. The van der Waals surface area contributed by atoms with Crippen molar-refractivity contribution < 1.29 is 9.05 Å². The lowest BCUT2D eigenvalue weighted by molar-refractivity contribution is -0.921. The second-order valence-corrected chi connectivity index (χ2v) is 9.18. The molecule has 4 heteroatoms. The highest BCUT2D eigenvalue weighted by Crippen LogP contribution is 2.46. The topological polar surface area (TPSA) is 7.12 Å². The molecule has 1 aliphatic rings. The molecule has 30 heavy (non-hydrogen) atoms. The molecule has 0 spiro atoms. The van der Waals surface area contributed by atoms with Crippen LogP contribution in [0.1, 0.15) is 26.3 Å². The van der Waals surface area contributed by atoms with Crippen LogP contribution >= 0.6 is 11.8 Å². The smallest absolute Gasteiger partial charge is 0.212 e. The fourth-order valence-corrected chi connectivity index (χ4v) is 5.64. The monoisotopic (exact) mass is 419 g/mol. The number of aromatic nitrogens is 1. The number of hydrogen-bond donors (Lipinski definition) is 0. The number of anilines is 1. The van der Waals surface area contributed by atoms with Gasteiger partial charge in [-0.3, -0.25) is 0 Å². The van der Waals surface area contributed by atoms with Crippen LogP contribution in [0.4, 0.5) is 5.69 Å². The van der Waals surface area contributed by atoms with E-state index in [0.29, 0.717) is 0 Å². The number of quaternary nitrogens is 1. The number of rotatable bonds is 7. The summed E-state index contributed by atoms with van der Waals surface area (Å²) in [6, 6.07) is 19.7. The Bertz CT molecular complexity index is 1060. The first-order chi connectivity index (χ1) is 14.6. The summed E-state index contributed by atoms with van der Waals surface area (Å²) in [5.74, 6) is 0. The fraction of sp³-hybridized carbons (Fsp3) is 0.346. The molecule has 0 bridgehead atoms. The summed E-state index contributed by atoms with van der Waals surface area (Å²) in [5.41, 5.74) is 3.89. The number of hydrogen-bond acceptors (Lipinski definition) is 2. The molecule has 3 aromatic rings. The number of likely N-dealkylation sites (N-methyl/N-ethyl adjacent to an activating group) is 1. The van der Waals surface area contributed by atoms with Crippen molar-refractivity contribution in [2.24, 2.45) is 7.05 Å². The Morgan fingerprint density at radius 3 is 2.40 bits per heavy atom. The third-order valence-corrected chi connectivity index (χ3v) is 7.91. The van der Waals surface area contributed by atoms with Crippen LogP contribution < -0.4 is 9.47 Å². The van der Waals surface area contributed by atoms with E-state index in [-0.39, 0.29) is 0 Å². The Kier molecular flexibility index (Phi) is 6.16. The Morgan fingerprint density at radius 1 is 0.933 bits per heavy atom. The summed E-state index contributed by atoms with van der Waals surface area (Å²) in [4.78, 5) is 3.90. The number of aryl methyl sites for hydroxylation is 1. The number of para-hydroxylation sites is 2. The molecular formula is C26H33N3S+2. The largest absolute Gasteiger partial charge is 0.329 e. The minimum atomic E-state index is 1.05. The van der Waals surface area contributed by atoms with Gasteiger partial charge in [0.2, 0.25) is 5.52 Å². The number of thioether (sulfide) groups is 1. The molecule has 0 radical (unpaired) electrons. The van der Waals surface area contributed by atoms with Crippen LogP contribution in [0, 0.1) is 0 Å². The van der Waals surface area contributed by atoms with Crippen LogP contribution in [0.15, 0.2) is 70.7 Å². The average molecular weight is 420 g/mol. The quantitative estimate of drug-likeness (QED) is 0.371. The van der Waals surface area contributed by atoms with Crippen molar-refractivity contribution in [3.63, 3.8) is 0 Å². The molecule has 0 atom stereocenters. The number of pyridine rings is 1. The standard InChI is InChI=1S/C26H33N3S/c1-5-29(6-2,7-3)19-18-28-24-14-10-11-15-25(24)30-26(28)20-21-16-17-27(4)23-13-9-8-12-22(21)23/h8-17,20H,5-7,18-19H2,1-4H3/q+2. The Morgan fingerprint density at radius 2 is 1.63 bits per heavy atom. The van der Waals surface area contributed by atoms with E-state index in [2.05, 4.69) is 104 Å². The molecule has 0 saturated carbocycles. The fourth-order valence-electron chi connectivity index (χ4n) is 4.49. The Balaban J connectivity index is 1.73. The Labute approximate surface area is 185 Å². The SMILES string of the molecule is CC[N+](CC)(CC)CCN1/C(=C/c2cc[n+](C)c3ccccc23)Sc2ccccc21. The zero-order valence-corrected chi connectivity index (χ0v) is 19.5. The van der Waals surface area contributed by atoms with Crippen LogP contribution in [-0.4, -0.2) is 37.2 Å². The first-order valence-electron chi connectivity index (χ1n) is 11.1. The first-order valence-corrected chi connectivity index (χ1v) is 11.9. The third kappa shape index (κ3) is 3.86. The maximum atomic E-state index is 2.54. The van der Waals surface area contributed by atoms with Crippen LogP contribution in [0.3, 0.4) is 0 Å². The van der Waals surface area contributed by atoms with Crippen molar-refractivity contribution >= 4 is 34.4 Å². The zero-order valence-electron chi connectivity index (χ0n) is 18.6. The molecule has 0 fully saturated rings. The van der Waals surface area contributed by atoms with E-state index in [1.54, 1.807) is 0 Å². The van der Waals surface area contributed by atoms with E-state index in [1.165, 1.54) is 62.7 Å². The van der Waals surface area contributed by atoms with Gasteiger partial charge in [0.05, 0.1) is 48.8 Å². The zero-order chi connectivity index (χ0) is 21.1. The molecule has 2 aromatic carbocycles. The molecule has 0 N–H and O–H groups in total. The summed E-state index contributed by atoms with van der Waals surface area (Å²) in [6.45, 7) is 12.8. The van der Waals surface area contributed by atoms with Gasteiger partial charge in [0, 0.05) is 17.0 Å². The lowest BCUT2D eigenvalue weighted by Gasteiger charge is -2.37. The first kappa shape index (κ1) is 21.0. The van der Waals surface area contributed by atoms with Gasteiger partial charge in [-0.25, -0.2) is 4.57 Å². The molecule has 0 amide bonds. The molecule has 4 rings (SSSR count). The predicted molar refractivity (Wildman–Crippen MR) is 129 cm³/mol. The summed E-state index contributed by atoms with van der Waals surface area (Å²) < 4.78 is 3.36. The van der Waals surface area contributed by atoms with Gasteiger partial charge < -0.3 is 9.38 Å². The molecular weight excluding hydrogens is 386 g/mol. The van der Waals surface area contributed by atoms with Crippen molar-refractivity contribution in [3.8, 4) is 0 Å². The molecule has 1 aromatic heterocycles. The lowest BCUT2D eigenvalue weighted by Crippen LogP contribution is -2.51. The second-order valence-electron chi connectivity index (χ2n) is 8.12. The number of benzene rings is 2. The summed E-state index contributed by atoms with van der Waals surface area (Å²) in [5, 5.41) is 2.63. The maximum absolute atomic E-state index is 2.54. The maximum Gasteiger partial charge on any atom is 0.212 e. The molecule has 1 aliphatic heterocycles. The van der Waals surface area contributed by atoms with Crippen molar-refractivity contribution in [2.75, 3.05) is 37.6 Å². The minimum absolute atomic E-state index is 1.05. The lowest BCUT2D eigenvalue weighted by atomic mass is 10.1. The molecule has 0 unspecified atom stereocenters. The molecule has 2 heterocycles. The van der Waals surface area contributed by atoms with Crippen molar-refractivity contribution in [1.29, 1.82) is 0 Å². The van der Waals surface area contributed by atoms with E-state index in [4.69, 9.17) is 0 Å². The molecule has 0 aliphatic carbocycles. The van der Waals surface area contributed by atoms with Gasteiger partial charge in [-0.1, -0.05) is 36.0 Å². The van der Waals surface area contributed by atoms with E-state index in [0.717, 1.165) is 6.54 Å². The van der Waals surface area contributed by atoms with E-state index in [1.807, 2.05) is 11.8 Å². The van der Waals surface area contributed by atoms with E-state index >= 15 is 0 Å². The summed E-state index contributed by atoms with van der Waals surface area (Å²) in [7, 11) is 2.11. The third-order valence-electron chi connectivity index (χ3n) is 6.80. The van der Waals surface area contributed by atoms with Gasteiger partial charge in [0.25, 0.3) is 0 Å². The minimum Gasteiger partial charge on any atom is -0.329 e. The molecule has 156 valence electrons. The van der Waals surface area contributed by atoms with Crippen molar-refractivity contribution in [1.82, 2.24) is 0 Å². The van der Waals surface area contributed by atoms with E-state index < -0.39 is 0 Å². The van der Waals surface area contributed by atoms with Gasteiger partial charge in [-0.2, -0.15) is 0 Å². The van der Waals surface area contributed by atoms with Gasteiger partial charge in [0.1, 0.15) is 7.05 Å². The van der Waals surface area contributed by atoms with Gasteiger partial charge in [-0.15, -0.1) is 0 Å². The number of fused-ring (bicyclic) bond motifs is 2. The second kappa shape index (κ2) is 8.83. The molecule has 3 nitrogen and oxygen atoms in total. The van der Waals surface area contributed by atoms with Crippen LogP contribution in [0.2, 0.25) is 0 Å². The average Bonchev–Trinajstić information content (AvgIpc) is 3.14. The predicted octanol–water partition coefficient (Wildman–Crippen LogP) is 5.45. The van der Waals surface area contributed by atoms with Crippen LogP contribution in [0.5, 0.6) is 0 Å².